The van der Waals surface area contributed by atoms with Crippen LogP contribution in [0.1, 0.15) is 26.8 Å². The first kappa shape index (κ1) is 15.1. The zero-order chi connectivity index (χ0) is 14.3. The third kappa shape index (κ3) is 2.76. The van der Waals surface area contributed by atoms with E-state index in [0.717, 1.165) is 5.56 Å². The Balaban J connectivity index is 0.00000161. The molecular formula is C17H20N2O2. The van der Waals surface area contributed by atoms with Gasteiger partial charge in [-0.3, -0.25) is 0 Å². The van der Waals surface area contributed by atoms with Gasteiger partial charge in [0.2, 0.25) is 5.89 Å². The Morgan fingerprint density at radius 3 is 2.43 bits per heavy atom. The van der Waals surface area contributed by atoms with E-state index in [4.69, 9.17) is 10.2 Å². The Labute approximate surface area is 124 Å². The third-order valence-corrected chi connectivity index (χ3v) is 3.24. The summed E-state index contributed by atoms with van der Waals surface area (Å²) < 4.78 is 5.77. The topological polar surface area (TPSA) is 72.3 Å². The van der Waals surface area contributed by atoms with E-state index in [-0.39, 0.29) is 7.43 Å². The van der Waals surface area contributed by atoms with Crippen LogP contribution < -0.4 is 5.73 Å². The van der Waals surface area contributed by atoms with E-state index in [1.165, 1.54) is 0 Å². The molecule has 0 aliphatic heterocycles. The van der Waals surface area contributed by atoms with Crippen LogP contribution in [0, 0.1) is 0 Å². The number of nitrogen functional groups attached to an aromatic ring is 1. The zero-order valence-electron chi connectivity index (χ0n) is 11.4. The van der Waals surface area contributed by atoms with Gasteiger partial charge in [0.25, 0.3) is 0 Å². The predicted molar refractivity (Wildman–Crippen MR) is 85.8 cm³/mol. The van der Waals surface area contributed by atoms with E-state index in [0.29, 0.717) is 28.2 Å². The minimum Gasteiger partial charge on any atom is -0.436 e. The van der Waals surface area contributed by atoms with Crippen LogP contribution in [0.15, 0.2) is 46.9 Å². The predicted octanol–water partition coefficient (Wildman–Crippen LogP) is 3.94. The molecule has 1 heterocycles. The van der Waals surface area contributed by atoms with Crippen LogP contribution in [-0.4, -0.2) is 10.1 Å². The van der Waals surface area contributed by atoms with Crippen molar-refractivity contribution in [1.82, 2.24) is 4.98 Å². The number of oxazole rings is 1. The van der Waals surface area contributed by atoms with Crippen LogP contribution in [0.2, 0.25) is 0 Å². The molecule has 0 amide bonds. The molecule has 4 heteroatoms. The second-order valence-electron chi connectivity index (χ2n) is 5.35. The van der Waals surface area contributed by atoms with Crippen molar-refractivity contribution in [1.29, 1.82) is 0 Å². The first-order valence-corrected chi connectivity index (χ1v) is 6.43. The van der Waals surface area contributed by atoms with Gasteiger partial charge in [-0.15, -0.1) is 0 Å². The molecule has 0 aliphatic carbocycles. The van der Waals surface area contributed by atoms with E-state index < -0.39 is 5.60 Å². The van der Waals surface area contributed by atoms with E-state index in [1.54, 1.807) is 26.0 Å². The van der Waals surface area contributed by atoms with Crippen molar-refractivity contribution in [3.63, 3.8) is 0 Å². The summed E-state index contributed by atoms with van der Waals surface area (Å²) in [6.07, 6.45) is 0. The second-order valence-corrected chi connectivity index (χ2v) is 5.35. The van der Waals surface area contributed by atoms with Gasteiger partial charge in [-0.2, -0.15) is 0 Å². The molecule has 0 saturated heterocycles. The van der Waals surface area contributed by atoms with Gasteiger partial charge in [0.05, 0.1) is 5.60 Å². The summed E-state index contributed by atoms with van der Waals surface area (Å²) in [5.41, 5.74) is 8.33. The fourth-order valence-electron chi connectivity index (χ4n) is 2.22. The van der Waals surface area contributed by atoms with Crippen molar-refractivity contribution < 1.29 is 9.52 Å². The fourth-order valence-corrected chi connectivity index (χ4v) is 2.22. The summed E-state index contributed by atoms with van der Waals surface area (Å²) in [7, 11) is 0. The van der Waals surface area contributed by atoms with Gasteiger partial charge in [0.15, 0.2) is 5.58 Å². The summed E-state index contributed by atoms with van der Waals surface area (Å²) in [4.78, 5) is 4.44. The molecule has 0 atom stereocenters. The number of hydrogen-bond acceptors (Lipinski definition) is 4. The van der Waals surface area contributed by atoms with Crippen molar-refractivity contribution in [2.45, 2.75) is 26.9 Å². The Hall–Kier alpha value is -2.33. The number of anilines is 1. The fraction of sp³-hybridized carbons (Fsp3) is 0.235. The highest BCUT2D eigenvalue weighted by atomic mass is 16.3. The molecule has 1 aromatic heterocycles. The number of rotatable bonds is 2. The van der Waals surface area contributed by atoms with E-state index in [2.05, 4.69) is 4.98 Å². The number of fused-ring (bicyclic) bond motifs is 1. The summed E-state index contributed by atoms with van der Waals surface area (Å²) in [5, 5.41) is 10.1. The smallest absolute Gasteiger partial charge is 0.227 e. The van der Waals surface area contributed by atoms with Crippen LogP contribution in [0.5, 0.6) is 0 Å². The molecule has 21 heavy (non-hydrogen) atoms. The van der Waals surface area contributed by atoms with Crippen LogP contribution >= 0.6 is 0 Å². The van der Waals surface area contributed by atoms with Crippen molar-refractivity contribution in [3.8, 4) is 11.5 Å². The highest BCUT2D eigenvalue weighted by Crippen LogP contribution is 2.32. The molecule has 0 saturated carbocycles. The van der Waals surface area contributed by atoms with Gasteiger partial charge in [-0.25, -0.2) is 4.98 Å². The molecule has 0 aliphatic rings. The van der Waals surface area contributed by atoms with E-state index >= 15 is 0 Å². The van der Waals surface area contributed by atoms with Gasteiger partial charge in [0, 0.05) is 16.8 Å². The molecule has 4 nitrogen and oxygen atoms in total. The van der Waals surface area contributed by atoms with Gasteiger partial charge < -0.3 is 15.3 Å². The highest BCUT2D eigenvalue weighted by Gasteiger charge is 2.21. The number of benzene rings is 2. The molecule has 3 rings (SSSR count). The standard InChI is InChI=1S/C16H16N2O2.CH4/c1-16(2,19)11-8-14-13(9-12(11)17)18-15(20-14)10-6-4-3-5-7-10;/h3-9,19H,17H2,1-2H3;1H4. The normalized spacial score (nSPS) is 11.4. The number of nitrogens with two attached hydrogens (primary N) is 1. The maximum absolute atomic E-state index is 10.1. The van der Waals surface area contributed by atoms with Crippen LogP contribution in [0.3, 0.4) is 0 Å². The monoisotopic (exact) mass is 284 g/mol. The lowest BCUT2D eigenvalue weighted by molar-refractivity contribution is 0.0794. The first-order chi connectivity index (χ1) is 9.45. The molecule has 110 valence electrons. The number of hydrogen-bond donors (Lipinski definition) is 2. The molecule has 3 aromatic rings. The molecule has 0 bridgehead atoms. The van der Waals surface area contributed by atoms with Crippen molar-refractivity contribution in [3.05, 3.63) is 48.0 Å². The average Bonchev–Trinajstić information content (AvgIpc) is 2.80. The van der Waals surface area contributed by atoms with Gasteiger partial charge in [0.1, 0.15) is 5.52 Å². The minimum atomic E-state index is -1.02. The second kappa shape index (κ2) is 5.22. The van der Waals surface area contributed by atoms with Crippen LogP contribution in [0.4, 0.5) is 5.69 Å². The lowest BCUT2D eigenvalue weighted by Gasteiger charge is -2.19. The quantitative estimate of drug-likeness (QED) is 0.699. The molecule has 0 unspecified atom stereocenters. The Bertz CT molecular complexity index is 756. The maximum atomic E-state index is 10.1. The molecule has 0 fully saturated rings. The van der Waals surface area contributed by atoms with Crippen molar-refractivity contribution >= 4 is 16.8 Å². The van der Waals surface area contributed by atoms with Gasteiger partial charge >= 0.3 is 0 Å². The molecule has 0 radical (unpaired) electrons. The third-order valence-electron chi connectivity index (χ3n) is 3.24. The molecule has 0 spiro atoms. The largest absolute Gasteiger partial charge is 0.436 e. The average molecular weight is 284 g/mol. The van der Waals surface area contributed by atoms with E-state index in [1.807, 2.05) is 30.3 Å². The van der Waals surface area contributed by atoms with Crippen molar-refractivity contribution in [2.24, 2.45) is 0 Å². The van der Waals surface area contributed by atoms with Crippen molar-refractivity contribution in [2.75, 3.05) is 5.73 Å². The first-order valence-electron chi connectivity index (χ1n) is 6.43. The molecule has 3 N–H and O–H groups in total. The molecule has 2 aromatic carbocycles. The van der Waals surface area contributed by atoms with Crippen LogP contribution in [0.25, 0.3) is 22.6 Å². The molecular weight excluding hydrogens is 264 g/mol. The Morgan fingerprint density at radius 1 is 1.14 bits per heavy atom. The minimum absolute atomic E-state index is 0. The number of aliphatic hydroxyl groups is 1. The lowest BCUT2D eigenvalue weighted by atomic mass is 9.96. The van der Waals surface area contributed by atoms with Crippen LogP contribution in [-0.2, 0) is 5.60 Å². The lowest BCUT2D eigenvalue weighted by Crippen LogP contribution is -2.17. The number of nitrogens with zero attached hydrogens (tertiary/aromatic N) is 1. The Kier molecular flexibility index (Phi) is 3.75. The number of aromatic nitrogens is 1. The van der Waals surface area contributed by atoms with Gasteiger partial charge in [-0.05, 0) is 38.1 Å². The summed E-state index contributed by atoms with van der Waals surface area (Å²) in [6.45, 7) is 3.39. The Morgan fingerprint density at radius 2 is 1.81 bits per heavy atom. The summed E-state index contributed by atoms with van der Waals surface area (Å²) in [5.74, 6) is 0.549. The SMILES string of the molecule is C.CC(C)(O)c1cc2oc(-c3ccccc3)nc2cc1N. The van der Waals surface area contributed by atoms with E-state index in [9.17, 15) is 5.11 Å². The highest BCUT2D eigenvalue weighted by molar-refractivity contribution is 5.81. The van der Waals surface area contributed by atoms with Gasteiger partial charge in [-0.1, -0.05) is 25.6 Å². The summed E-state index contributed by atoms with van der Waals surface area (Å²) in [6, 6.07) is 13.2. The zero-order valence-corrected chi connectivity index (χ0v) is 11.4. The summed E-state index contributed by atoms with van der Waals surface area (Å²) >= 11 is 0. The maximum Gasteiger partial charge on any atom is 0.227 e.